The molecule has 0 atom stereocenters. The first kappa shape index (κ1) is 18.1. The third-order valence-electron chi connectivity index (χ3n) is 4.18. The molecule has 26 heavy (non-hydrogen) atoms. The van der Waals surface area contributed by atoms with Crippen LogP contribution in [0.5, 0.6) is 11.5 Å². The lowest BCUT2D eigenvalue weighted by atomic mass is 10.1. The molecule has 0 aliphatic heterocycles. The van der Waals surface area contributed by atoms with Gasteiger partial charge in [0.15, 0.2) is 0 Å². The standard InChI is InChI=1S/C24H26O2/c1-17-8-18(2)11-21(10-17)15-25-23-6-5-7-24(14-23)26-16-22-12-19(3)9-20(4)13-22/h5-14H,15-16H2,1-4H3. The van der Waals surface area contributed by atoms with Gasteiger partial charge in [-0.3, -0.25) is 0 Å². The molecule has 0 heterocycles. The van der Waals surface area contributed by atoms with E-state index < -0.39 is 0 Å². The topological polar surface area (TPSA) is 18.5 Å². The van der Waals surface area contributed by atoms with Crippen LogP contribution in [0.4, 0.5) is 0 Å². The quantitative estimate of drug-likeness (QED) is 0.538. The molecule has 0 spiro atoms. The Labute approximate surface area is 156 Å². The first-order valence-corrected chi connectivity index (χ1v) is 8.98. The van der Waals surface area contributed by atoms with E-state index in [1.807, 2.05) is 24.3 Å². The highest BCUT2D eigenvalue weighted by atomic mass is 16.5. The predicted octanol–water partition coefficient (Wildman–Crippen LogP) is 6.08. The first-order chi connectivity index (χ1) is 12.5. The maximum atomic E-state index is 5.95. The van der Waals surface area contributed by atoms with Gasteiger partial charge in [0.25, 0.3) is 0 Å². The van der Waals surface area contributed by atoms with Crippen molar-refractivity contribution in [3.05, 3.63) is 94.0 Å². The van der Waals surface area contributed by atoms with Crippen molar-refractivity contribution >= 4 is 0 Å². The highest BCUT2D eigenvalue weighted by Gasteiger charge is 2.02. The highest BCUT2D eigenvalue weighted by Crippen LogP contribution is 2.22. The van der Waals surface area contributed by atoms with Crippen LogP contribution >= 0.6 is 0 Å². The van der Waals surface area contributed by atoms with Crippen molar-refractivity contribution in [3.8, 4) is 11.5 Å². The average molecular weight is 346 g/mol. The summed E-state index contributed by atoms with van der Waals surface area (Å²) in [5.74, 6) is 1.64. The summed E-state index contributed by atoms with van der Waals surface area (Å²) in [7, 11) is 0. The molecule has 0 aromatic heterocycles. The van der Waals surface area contributed by atoms with Gasteiger partial charge in [0, 0.05) is 6.07 Å². The summed E-state index contributed by atoms with van der Waals surface area (Å²) in [6.45, 7) is 9.55. The third kappa shape index (κ3) is 5.13. The maximum Gasteiger partial charge on any atom is 0.123 e. The SMILES string of the molecule is Cc1cc(C)cc(COc2cccc(OCc3cc(C)cc(C)c3)c2)c1. The summed E-state index contributed by atoms with van der Waals surface area (Å²) in [5.41, 5.74) is 7.40. The minimum absolute atomic E-state index is 0.559. The molecule has 0 radical (unpaired) electrons. The van der Waals surface area contributed by atoms with Gasteiger partial charge in [-0.15, -0.1) is 0 Å². The summed E-state index contributed by atoms with van der Waals surface area (Å²) < 4.78 is 11.9. The zero-order valence-electron chi connectivity index (χ0n) is 16.0. The van der Waals surface area contributed by atoms with Gasteiger partial charge >= 0.3 is 0 Å². The molecule has 0 unspecified atom stereocenters. The number of hydrogen-bond acceptors (Lipinski definition) is 2. The van der Waals surface area contributed by atoms with Crippen LogP contribution in [0.2, 0.25) is 0 Å². The zero-order chi connectivity index (χ0) is 18.5. The lowest BCUT2D eigenvalue weighted by Crippen LogP contribution is -1.99. The predicted molar refractivity (Wildman–Crippen MR) is 107 cm³/mol. The van der Waals surface area contributed by atoms with Crippen LogP contribution in [0.15, 0.2) is 60.7 Å². The van der Waals surface area contributed by atoms with Crippen molar-refractivity contribution in [2.45, 2.75) is 40.9 Å². The second-order valence-corrected chi connectivity index (χ2v) is 7.04. The fourth-order valence-corrected chi connectivity index (χ4v) is 3.29. The molecule has 0 bridgehead atoms. The van der Waals surface area contributed by atoms with E-state index in [0.717, 1.165) is 11.5 Å². The Balaban J connectivity index is 1.62. The first-order valence-electron chi connectivity index (χ1n) is 8.98. The normalized spacial score (nSPS) is 10.6. The van der Waals surface area contributed by atoms with Gasteiger partial charge in [-0.05, 0) is 51.0 Å². The largest absolute Gasteiger partial charge is 0.489 e. The lowest BCUT2D eigenvalue weighted by Gasteiger charge is -2.11. The van der Waals surface area contributed by atoms with Crippen LogP contribution in [-0.4, -0.2) is 0 Å². The molecule has 0 saturated heterocycles. The van der Waals surface area contributed by atoms with E-state index in [9.17, 15) is 0 Å². The molecule has 0 N–H and O–H groups in total. The fraction of sp³-hybridized carbons (Fsp3) is 0.250. The maximum absolute atomic E-state index is 5.95. The van der Waals surface area contributed by atoms with Gasteiger partial charge in [0.2, 0.25) is 0 Å². The van der Waals surface area contributed by atoms with Gasteiger partial charge in [-0.25, -0.2) is 0 Å². The summed E-state index contributed by atoms with van der Waals surface area (Å²) in [5, 5.41) is 0. The summed E-state index contributed by atoms with van der Waals surface area (Å²) in [4.78, 5) is 0. The molecular weight excluding hydrogens is 320 g/mol. The Kier molecular flexibility index (Phi) is 5.62. The third-order valence-corrected chi connectivity index (χ3v) is 4.18. The fourth-order valence-electron chi connectivity index (χ4n) is 3.29. The van der Waals surface area contributed by atoms with Crippen molar-refractivity contribution in [2.24, 2.45) is 0 Å². The molecule has 0 fully saturated rings. The summed E-state index contributed by atoms with van der Waals surface area (Å²) in [6.07, 6.45) is 0. The van der Waals surface area contributed by atoms with E-state index in [1.165, 1.54) is 33.4 Å². The van der Waals surface area contributed by atoms with E-state index in [-0.39, 0.29) is 0 Å². The monoisotopic (exact) mass is 346 g/mol. The van der Waals surface area contributed by atoms with E-state index in [0.29, 0.717) is 13.2 Å². The van der Waals surface area contributed by atoms with Crippen LogP contribution in [0.25, 0.3) is 0 Å². The van der Waals surface area contributed by atoms with E-state index in [2.05, 4.69) is 64.1 Å². The second kappa shape index (κ2) is 8.09. The van der Waals surface area contributed by atoms with Crippen LogP contribution < -0.4 is 9.47 Å². The van der Waals surface area contributed by atoms with Crippen LogP contribution in [-0.2, 0) is 13.2 Å². The van der Waals surface area contributed by atoms with E-state index >= 15 is 0 Å². The highest BCUT2D eigenvalue weighted by molar-refractivity contribution is 5.35. The molecule has 3 rings (SSSR count). The van der Waals surface area contributed by atoms with E-state index in [1.54, 1.807) is 0 Å². The molecule has 0 aliphatic rings. The Morgan fingerprint density at radius 3 is 1.31 bits per heavy atom. The molecule has 3 aromatic carbocycles. The molecule has 0 saturated carbocycles. The second-order valence-electron chi connectivity index (χ2n) is 7.04. The van der Waals surface area contributed by atoms with Gasteiger partial charge in [-0.1, -0.05) is 64.7 Å². The number of benzene rings is 3. The molecule has 3 aromatic rings. The van der Waals surface area contributed by atoms with Crippen molar-refractivity contribution in [3.63, 3.8) is 0 Å². The van der Waals surface area contributed by atoms with Crippen LogP contribution in [0.1, 0.15) is 33.4 Å². The van der Waals surface area contributed by atoms with Crippen LogP contribution in [0, 0.1) is 27.7 Å². The summed E-state index contributed by atoms with van der Waals surface area (Å²) >= 11 is 0. The number of rotatable bonds is 6. The Hall–Kier alpha value is -2.74. The minimum Gasteiger partial charge on any atom is -0.489 e. The number of ether oxygens (including phenoxy) is 2. The number of aryl methyl sites for hydroxylation is 4. The smallest absolute Gasteiger partial charge is 0.123 e. The summed E-state index contributed by atoms with van der Waals surface area (Å²) in [6, 6.07) is 20.8. The Morgan fingerprint density at radius 1 is 0.538 bits per heavy atom. The molecule has 2 heteroatoms. The molecule has 0 amide bonds. The Bertz CT molecular complexity index is 785. The van der Waals surface area contributed by atoms with Gasteiger partial charge < -0.3 is 9.47 Å². The molecule has 2 nitrogen and oxygen atoms in total. The van der Waals surface area contributed by atoms with Gasteiger partial charge in [-0.2, -0.15) is 0 Å². The molecule has 134 valence electrons. The Morgan fingerprint density at radius 2 is 0.923 bits per heavy atom. The minimum atomic E-state index is 0.559. The van der Waals surface area contributed by atoms with Crippen molar-refractivity contribution in [2.75, 3.05) is 0 Å². The lowest BCUT2D eigenvalue weighted by molar-refractivity contribution is 0.290. The zero-order valence-corrected chi connectivity index (χ0v) is 16.0. The van der Waals surface area contributed by atoms with Crippen molar-refractivity contribution in [1.29, 1.82) is 0 Å². The molecular formula is C24H26O2. The van der Waals surface area contributed by atoms with Crippen molar-refractivity contribution in [1.82, 2.24) is 0 Å². The average Bonchev–Trinajstić information content (AvgIpc) is 2.57. The van der Waals surface area contributed by atoms with Gasteiger partial charge in [0.1, 0.15) is 24.7 Å². The van der Waals surface area contributed by atoms with E-state index in [4.69, 9.17) is 9.47 Å². The van der Waals surface area contributed by atoms with Gasteiger partial charge in [0.05, 0.1) is 0 Å². The van der Waals surface area contributed by atoms with Crippen molar-refractivity contribution < 1.29 is 9.47 Å². The molecule has 0 aliphatic carbocycles. The number of hydrogen-bond donors (Lipinski definition) is 0. The van der Waals surface area contributed by atoms with Crippen LogP contribution in [0.3, 0.4) is 0 Å².